The highest BCUT2D eigenvalue weighted by Crippen LogP contribution is 2.25. The van der Waals surface area contributed by atoms with Crippen molar-refractivity contribution in [2.75, 3.05) is 7.11 Å². The number of carbonyl (C=O) groups is 1. The normalized spacial score (nSPS) is 11.3. The highest BCUT2D eigenvalue weighted by atomic mass is 19.1. The average Bonchev–Trinajstić information content (AvgIpc) is 2.64. The number of hydrogen-bond donors (Lipinski definition) is 0. The fourth-order valence-corrected chi connectivity index (χ4v) is 2.30. The molecule has 0 saturated heterocycles. The molecule has 0 fully saturated rings. The Hall–Kier alpha value is -2.90. The third kappa shape index (κ3) is 4.64. The van der Waals surface area contributed by atoms with Gasteiger partial charge in [-0.2, -0.15) is 0 Å². The summed E-state index contributed by atoms with van der Waals surface area (Å²) in [7, 11) is 2.71. The minimum Gasteiger partial charge on any atom is -0.479 e. The summed E-state index contributed by atoms with van der Waals surface area (Å²) in [6.45, 7) is 8.67. The van der Waals surface area contributed by atoms with Gasteiger partial charge in [0.05, 0.1) is 12.8 Å². The molecule has 0 aliphatic heterocycles. The number of carbonyl (C=O) groups excluding carboxylic acids is 1. The Morgan fingerprint density at radius 2 is 1.74 bits per heavy atom. The summed E-state index contributed by atoms with van der Waals surface area (Å²) < 4.78 is 26.4. The largest absolute Gasteiger partial charge is 0.479 e. The first-order chi connectivity index (χ1) is 12.7. The average molecular weight is 380 g/mol. The van der Waals surface area contributed by atoms with Gasteiger partial charge in [0.2, 0.25) is 0 Å². The van der Waals surface area contributed by atoms with E-state index in [4.69, 9.17) is 4.74 Å². The molecular weight excluding hydrogens is 355 g/mol. The molecule has 8 heteroatoms. The topological polar surface area (TPSA) is 79.5 Å². The molecule has 2 rings (SSSR count). The summed E-state index contributed by atoms with van der Waals surface area (Å²) in [5.74, 6) is -1.18. The van der Waals surface area contributed by atoms with Gasteiger partial charge in [-0.1, -0.05) is 13.8 Å². The minimum absolute atomic E-state index is 0.170. The van der Waals surface area contributed by atoms with Crippen molar-refractivity contribution in [3.63, 3.8) is 0 Å². The van der Waals surface area contributed by atoms with Gasteiger partial charge in [-0.05, 0) is 32.4 Å². The highest BCUT2D eigenvalue weighted by molar-refractivity contribution is 5.74. The second-order valence-electron chi connectivity index (χ2n) is 5.65. The fourth-order valence-electron chi connectivity index (χ4n) is 2.30. The number of halogens is 1. The van der Waals surface area contributed by atoms with Crippen LogP contribution in [0.25, 0.3) is 5.69 Å². The van der Waals surface area contributed by atoms with E-state index in [1.807, 2.05) is 13.8 Å². The van der Waals surface area contributed by atoms with E-state index in [1.165, 1.54) is 37.8 Å². The van der Waals surface area contributed by atoms with Crippen molar-refractivity contribution >= 4 is 5.97 Å². The van der Waals surface area contributed by atoms with E-state index < -0.39 is 29.1 Å². The second kappa shape index (κ2) is 9.16. The monoisotopic (exact) mass is 380 g/mol. The molecule has 0 spiro atoms. The molecule has 0 N–H and O–H groups in total. The molecule has 1 aromatic carbocycles. The molecule has 0 amide bonds. The maximum Gasteiger partial charge on any atom is 0.346 e. The second-order valence-corrected chi connectivity index (χ2v) is 5.65. The number of esters is 1. The highest BCUT2D eigenvalue weighted by Gasteiger charge is 2.19. The number of nitrogens with zero attached hydrogens (tertiary/aromatic N) is 2. The van der Waals surface area contributed by atoms with E-state index in [-0.39, 0.29) is 11.4 Å². The molecule has 1 unspecified atom stereocenters. The van der Waals surface area contributed by atoms with E-state index in [0.29, 0.717) is 11.3 Å². The summed E-state index contributed by atoms with van der Waals surface area (Å²) in [6.07, 6.45) is -0.931. The maximum absolute atomic E-state index is 14.4. The molecule has 0 saturated carbocycles. The molecule has 148 valence electrons. The Morgan fingerprint density at radius 1 is 1.15 bits per heavy atom. The molecule has 1 atom stereocenters. The van der Waals surface area contributed by atoms with Gasteiger partial charge in [0.25, 0.3) is 5.56 Å². The van der Waals surface area contributed by atoms with Gasteiger partial charge in [0.15, 0.2) is 6.10 Å². The Balaban J connectivity index is 0.00000176. The quantitative estimate of drug-likeness (QED) is 0.760. The van der Waals surface area contributed by atoms with Crippen molar-refractivity contribution in [3.05, 3.63) is 56.1 Å². The zero-order valence-corrected chi connectivity index (χ0v) is 16.6. The van der Waals surface area contributed by atoms with E-state index in [0.717, 1.165) is 10.6 Å². The molecule has 27 heavy (non-hydrogen) atoms. The fraction of sp³-hybridized carbons (Fsp3) is 0.421. The van der Waals surface area contributed by atoms with Crippen LogP contribution in [0.4, 0.5) is 4.39 Å². The lowest BCUT2D eigenvalue weighted by atomic mass is 10.2. The Morgan fingerprint density at radius 3 is 2.30 bits per heavy atom. The van der Waals surface area contributed by atoms with Crippen molar-refractivity contribution < 1.29 is 18.7 Å². The van der Waals surface area contributed by atoms with Crippen LogP contribution in [0.1, 0.15) is 32.0 Å². The molecule has 1 heterocycles. The summed E-state index contributed by atoms with van der Waals surface area (Å²) in [6, 6.07) is 3.60. The van der Waals surface area contributed by atoms with Gasteiger partial charge in [-0.3, -0.25) is 4.79 Å². The molecule has 0 bridgehead atoms. The van der Waals surface area contributed by atoms with Gasteiger partial charge in [0.1, 0.15) is 11.6 Å². The predicted molar refractivity (Wildman–Crippen MR) is 100 cm³/mol. The van der Waals surface area contributed by atoms with Gasteiger partial charge in [-0.25, -0.2) is 18.5 Å². The third-order valence-electron chi connectivity index (χ3n) is 3.88. The molecule has 2 aromatic rings. The third-order valence-corrected chi connectivity index (χ3v) is 3.88. The Labute approximate surface area is 157 Å². The van der Waals surface area contributed by atoms with Crippen LogP contribution in [0, 0.1) is 19.7 Å². The minimum atomic E-state index is -0.931. The zero-order chi connectivity index (χ0) is 20.9. The smallest absolute Gasteiger partial charge is 0.346 e. The predicted octanol–water partition coefficient (Wildman–Crippen LogP) is 2.26. The first-order valence-electron chi connectivity index (χ1n) is 8.52. The molecule has 0 aliphatic carbocycles. The SMILES string of the molecule is CC.COC(=O)C(C)Oc1cc(-n2c(=O)cc(C)n(C)c2=O)c(F)cc1C. The van der Waals surface area contributed by atoms with E-state index in [1.54, 1.807) is 13.8 Å². The lowest BCUT2D eigenvalue weighted by Gasteiger charge is -2.17. The van der Waals surface area contributed by atoms with Crippen LogP contribution < -0.4 is 16.0 Å². The van der Waals surface area contributed by atoms with Gasteiger partial charge in [-0.15, -0.1) is 0 Å². The number of ether oxygens (including phenoxy) is 2. The molecule has 0 radical (unpaired) electrons. The van der Waals surface area contributed by atoms with Crippen molar-refractivity contribution in [2.45, 2.75) is 40.7 Å². The molecule has 1 aromatic heterocycles. The van der Waals surface area contributed by atoms with Crippen LogP contribution in [-0.4, -0.2) is 28.3 Å². The summed E-state index contributed by atoms with van der Waals surface area (Å²) in [5.41, 5.74) is -0.721. The Bertz CT molecular complexity index is 946. The molecule has 7 nitrogen and oxygen atoms in total. The van der Waals surface area contributed by atoms with E-state index >= 15 is 0 Å². The maximum atomic E-state index is 14.4. The van der Waals surface area contributed by atoms with Gasteiger partial charge >= 0.3 is 11.7 Å². The van der Waals surface area contributed by atoms with Crippen molar-refractivity contribution in [1.29, 1.82) is 0 Å². The number of benzene rings is 1. The standard InChI is InChI=1S/C17H19FN2O5.C2H6/c1-9-6-12(18)13(8-14(9)25-11(3)16(22)24-5)20-15(21)7-10(2)19(4)17(20)23;1-2/h6-8,11H,1-5H3;1-2H3. The number of aromatic nitrogens is 2. The molecular formula is C19H25FN2O5. The van der Waals surface area contributed by atoms with Gasteiger partial charge < -0.3 is 14.0 Å². The van der Waals surface area contributed by atoms with Crippen LogP contribution >= 0.6 is 0 Å². The van der Waals surface area contributed by atoms with Crippen LogP contribution in [-0.2, 0) is 16.6 Å². The van der Waals surface area contributed by atoms with Crippen LogP contribution in [0.5, 0.6) is 5.75 Å². The summed E-state index contributed by atoms with van der Waals surface area (Å²) in [4.78, 5) is 36.1. The number of hydrogen-bond acceptors (Lipinski definition) is 5. The summed E-state index contributed by atoms with van der Waals surface area (Å²) >= 11 is 0. The first-order valence-corrected chi connectivity index (χ1v) is 8.52. The van der Waals surface area contributed by atoms with Crippen molar-refractivity contribution in [2.24, 2.45) is 7.05 Å². The van der Waals surface area contributed by atoms with Crippen LogP contribution in [0.2, 0.25) is 0 Å². The summed E-state index contributed by atoms with van der Waals surface area (Å²) in [5, 5.41) is 0. The number of aryl methyl sites for hydroxylation is 2. The lowest BCUT2D eigenvalue weighted by molar-refractivity contribution is -0.147. The van der Waals surface area contributed by atoms with Gasteiger partial charge in [0, 0.05) is 24.9 Å². The van der Waals surface area contributed by atoms with E-state index in [2.05, 4.69) is 4.74 Å². The molecule has 0 aliphatic rings. The number of methoxy groups -OCH3 is 1. The Kier molecular flexibility index (Phi) is 7.51. The zero-order valence-electron chi connectivity index (χ0n) is 16.6. The number of rotatable bonds is 4. The first kappa shape index (κ1) is 22.1. The van der Waals surface area contributed by atoms with E-state index in [9.17, 15) is 18.8 Å². The lowest BCUT2D eigenvalue weighted by Crippen LogP contribution is -2.38. The van der Waals surface area contributed by atoms with Crippen LogP contribution in [0.15, 0.2) is 27.8 Å². The van der Waals surface area contributed by atoms with Crippen molar-refractivity contribution in [1.82, 2.24) is 9.13 Å². The van der Waals surface area contributed by atoms with Crippen LogP contribution in [0.3, 0.4) is 0 Å². The van der Waals surface area contributed by atoms with Crippen molar-refractivity contribution in [3.8, 4) is 11.4 Å².